The van der Waals surface area contributed by atoms with Crippen LogP contribution in [0.5, 0.6) is 5.88 Å². The van der Waals surface area contributed by atoms with Crippen LogP contribution in [0.3, 0.4) is 0 Å². The molecule has 0 saturated carbocycles. The SMILES string of the molecule is CCOc1cccc(NC(=O)c2cccc(C3OCCO3)c2)n1. The molecule has 1 fully saturated rings. The molecule has 0 atom stereocenters. The van der Waals surface area contributed by atoms with E-state index in [0.717, 1.165) is 5.56 Å². The van der Waals surface area contributed by atoms with Gasteiger partial charge in [0.25, 0.3) is 5.91 Å². The second-order valence-electron chi connectivity index (χ2n) is 4.95. The van der Waals surface area contributed by atoms with Gasteiger partial charge < -0.3 is 19.5 Å². The monoisotopic (exact) mass is 314 g/mol. The summed E-state index contributed by atoms with van der Waals surface area (Å²) >= 11 is 0. The van der Waals surface area contributed by atoms with Gasteiger partial charge in [-0.25, -0.2) is 0 Å². The van der Waals surface area contributed by atoms with Crippen molar-refractivity contribution in [1.29, 1.82) is 0 Å². The Kier molecular flexibility index (Phi) is 4.85. The molecule has 0 spiro atoms. The number of nitrogens with one attached hydrogen (secondary N) is 1. The lowest BCUT2D eigenvalue weighted by Gasteiger charge is -2.11. The Labute approximate surface area is 134 Å². The summed E-state index contributed by atoms with van der Waals surface area (Å²) in [6, 6.07) is 12.4. The number of amides is 1. The topological polar surface area (TPSA) is 69.7 Å². The van der Waals surface area contributed by atoms with Gasteiger partial charge in [0, 0.05) is 17.2 Å². The lowest BCUT2D eigenvalue weighted by molar-refractivity contribution is -0.0441. The van der Waals surface area contributed by atoms with Crippen LogP contribution in [0.1, 0.15) is 29.1 Å². The Morgan fingerprint density at radius 1 is 1.26 bits per heavy atom. The highest BCUT2D eigenvalue weighted by atomic mass is 16.7. The first kappa shape index (κ1) is 15.5. The number of hydrogen-bond acceptors (Lipinski definition) is 5. The fraction of sp³-hybridized carbons (Fsp3) is 0.294. The Hall–Kier alpha value is -2.44. The van der Waals surface area contributed by atoms with E-state index in [1.165, 1.54) is 0 Å². The third-order valence-electron chi connectivity index (χ3n) is 3.30. The molecule has 0 bridgehead atoms. The van der Waals surface area contributed by atoms with Gasteiger partial charge >= 0.3 is 0 Å². The Balaban J connectivity index is 1.72. The third kappa shape index (κ3) is 3.85. The molecule has 120 valence electrons. The van der Waals surface area contributed by atoms with Gasteiger partial charge in [-0.15, -0.1) is 0 Å². The molecule has 1 aromatic carbocycles. The highest BCUT2D eigenvalue weighted by Crippen LogP contribution is 2.24. The lowest BCUT2D eigenvalue weighted by Crippen LogP contribution is -2.14. The van der Waals surface area contributed by atoms with Crippen molar-refractivity contribution < 1.29 is 19.0 Å². The van der Waals surface area contributed by atoms with Crippen LogP contribution >= 0.6 is 0 Å². The van der Waals surface area contributed by atoms with Crippen LogP contribution in [-0.2, 0) is 9.47 Å². The zero-order valence-corrected chi connectivity index (χ0v) is 12.8. The number of carbonyl (C=O) groups is 1. The summed E-state index contributed by atoms with van der Waals surface area (Å²) in [6.07, 6.45) is -0.401. The highest BCUT2D eigenvalue weighted by Gasteiger charge is 2.19. The second kappa shape index (κ2) is 7.21. The number of aromatic nitrogens is 1. The highest BCUT2D eigenvalue weighted by molar-refractivity contribution is 6.03. The summed E-state index contributed by atoms with van der Waals surface area (Å²) in [5.41, 5.74) is 1.34. The molecule has 2 heterocycles. The number of rotatable bonds is 5. The Morgan fingerprint density at radius 3 is 2.83 bits per heavy atom. The molecule has 1 aliphatic heterocycles. The molecule has 1 amide bonds. The van der Waals surface area contributed by atoms with Crippen molar-refractivity contribution in [2.24, 2.45) is 0 Å². The number of nitrogens with zero attached hydrogens (tertiary/aromatic N) is 1. The van der Waals surface area contributed by atoms with Crippen LogP contribution in [0.15, 0.2) is 42.5 Å². The van der Waals surface area contributed by atoms with Gasteiger partial charge in [0.05, 0.1) is 19.8 Å². The van der Waals surface area contributed by atoms with Crippen LogP contribution in [-0.4, -0.2) is 30.7 Å². The summed E-state index contributed by atoms with van der Waals surface area (Å²) in [7, 11) is 0. The zero-order valence-electron chi connectivity index (χ0n) is 12.8. The fourth-order valence-corrected chi connectivity index (χ4v) is 2.28. The van der Waals surface area contributed by atoms with E-state index in [0.29, 0.717) is 37.1 Å². The van der Waals surface area contributed by atoms with E-state index in [-0.39, 0.29) is 5.91 Å². The lowest BCUT2D eigenvalue weighted by atomic mass is 10.1. The van der Waals surface area contributed by atoms with E-state index in [2.05, 4.69) is 10.3 Å². The van der Waals surface area contributed by atoms with Crippen molar-refractivity contribution in [2.75, 3.05) is 25.1 Å². The fourth-order valence-electron chi connectivity index (χ4n) is 2.28. The van der Waals surface area contributed by atoms with Gasteiger partial charge in [-0.1, -0.05) is 18.2 Å². The summed E-state index contributed by atoms with van der Waals surface area (Å²) in [5.74, 6) is 0.678. The van der Waals surface area contributed by atoms with Gasteiger partial charge in [0.2, 0.25) is 5.88 Å². The number of carbonyl (C=O) groups excluding carboxylic acids is 1. The van der Waals surface area contributed by atoms with Gasteiger partial charge in [0.15, 0.2) is 6.29 Å². The van der Waals surface area contributed by atoms with Crippen molar-refractivity contribution >= 4 is 11.7 Å². The minimum absolute atomic E-state index is 0.244. The Bertz CT molecular complexity index is 684. The number of anilines is 1. The van der Waals surface area contributed by atoms with E-state index in [4.69, 9.17) is 14.2 Å². The maximum atomic E-state index is 12.4. The molecule has 1 aliphatic rings. The van der Waals surface area contributed by atoms with Crippen LogP contribution in [0.2, 0.25) is 0 Å². The van der Waals surface area contributed by atoms with E-state index in [1.807, 2.05) is 13.0 Å². The molecule has 0 unspecified atom stereocenters. The quantitative estimate of drug-likeness (QED) is 0.919. The molecular formula is C17H18N2O4. The smallest absolute Gasteiger partial charge is 0.256 e. The first-order valence-electron chi connectivity index (χ1n) is 7.50. The molecule has 1 N–H and O–H groups in total. The molecule has 6 nitrogen and oxygen atoms in total. The van der Waals surface area contributed by atoms with Crippen LogP contribution < -0.4 is 10.1 Å². The number of ether oxygens (including phenoxy) is 3. The van der Waals surface area contributed by atoms with Crippen LogP contribution in [0.4, 0.5) is 5.82 Å². The van der Waals surface area contributed by atoms with Crippen LogP contribution in [0.25, 0.3) is 0 Å². The third-order valence-corrected chi connectivity index (χ3v) is 3.30. The van der Waals surface area contributed by atoms with Crippen molar-refractivity contribution in [1.82, 2.24) is 4.98 Å². The largest absolute Gasteiger partial charge is 0.478 e. The van der Waals surface area contributed by atoms with Crippen molar-refractivity contribution in [3.05, 3.63) is 53.6 Å². The van der Waals surface area contributed by atoms with Crippen molar-refractivity contribution in [2.45, 2.75) is 13.2 Å². The minimum atomic E-state index is -0.401. The van der Waals surface area contributed by atoms with Gasteiger partial charge in [-0.3, -0.25) is 4.79 Å². The Morgan fingerprint density at radius 2 is 2.04 bits per heavy atom. The predicted octanol–water partition coefficient (Wildman–Crippen LogP) is 2.78. The summed E-state index contributed by atoms with van der Waals surface area (Å²) in [5, 5.41) is 2.76. The normalized spacial score (nSPS) is 14.7. The number of benzene rings is 1. The van der Waals surface area contributed by atoms with E-state index >= 15 is 0 Å². The molecular weight excluding hydrogens is 296 g/mol. The summed E-state index contributed by atoms with van der Waals surface area (Å²) in [4.78, 5) is 16.6. The molecule has 6 heteroatoms. The average molecular weight is 314 g/mol. The first-order valence-corrected chi connectivity index (χ1v) is 7.50. The van der Waals surface area contributed by atoms with Gasteiger partial charge in [-0.05, 0) is 25.1 Å². The molecule has 1 aromatic heterocycles. The summed E-state index contributed by atoms with van der Waals surface area (Å²) < 4.78 is 16.2. The van der Waals surface area contributed by atoms with E-state index in [1.54, 1.807) is 36.4 Å². The molecule has 1 saturated heterocycles. The predicted molar refractivity (Wildman–Crippen MR) is 84.4 cm³/mol. The maximum absolute atomic E-state index is 12.4. The van der Waals surface area contributed by atoms with E-state index in [9.17, 15) is 4.79 Å². The van der Waals surface area contributed by atoms with Crippen molar-refractivity contribution in [3.8, 4) is 5.88 Å². The van der Waals surface area contributed by atoms with Gasteiger partial charge in [-0.2, -0.15) is 4.98 Å². The summed E-state index contributed by atoms with van der Waals surface area (Å²) in [6.45, 7) is 3.53. The first-order chi connectivity index (χ1) is 11.3. The number of pyridine rings is 1. The van der Waals surface area contributed by atoms with E-state index < -0.39 is 6.29 Å². The number of hydrogen-bond donors (Lipinski definition) is 1. The van der Waals surface area contributed by atoms with Crippen LogP contribution in [0, 0.1) is 0 Å². The standard InChI is InChI=1S/C17H18N2O4/c1-2-21-15-8-4-7-14(18-15)19-16(20)12-5-3-6-13(11-12)17-22-9-10-23-17/h3-8,11,17H,2,9-10H2,1H3,(H,18,19,20). The zero-order chi connectivity index (χ0) is 16.1. The average Bonchev–Trinajstić information content (AvgIpc) is 3.10. The maximum Gasteiger partial charge on any atom is 0.256 e. The van der Waals surface area contributed by atoms with Gasteiger partial charge in [0.1, 0.15) is 5.82 Å². The molecule has 0 radical (unpaired) electrons. The van der Waals surface area contributed by atoms with Crippen molar-refractivity contribution in [3.63, 3.8) is 0 Å². The minimum Gasteiger partial charge on any atom is -0.478 e. The molecule has 3 rings (SSSR count). The molecule has 2 aromatic rings. The molecule has 23 heavy (non-hydrogen) atoms. The molecule has 0 aliphatic carbocycles. The second-order valence-corrected chi connectivity index (χ2v) is 4.95.